The summed E-state index contributed by atoms with van der Waals surface area (Å²) in [6.45, 7) is 8.82. The van der Waals surface area contributed by atoms with Gasteiger partial charge in [-0.25, -0.2) is 4.99 Å². The summed E-state index contributed by atoms with van der Waals surface area (Å²) in [5.41, 5.74) is 2.59. The van der Waals surface area contributed by atoms with E-state index in [1.807, 2.05) is 24.8 Å². The number of unbranched alkanes of at least 4 members (excludes halogenated alkanes) is 1. The number of nitrogens with zero attached hydrogens (tertiary/aromatic N) is 2. The van der Waals surface area contributed by atoms with Crippen molar-refractivity contribution in [3.05, 3.63) is 35.4 Å². The third-order valence-electron chi connectivity index (χ3n) is 4.41. The third kappa shape index (κ3) is 6.67. The molecule has 1 aliphatic heterocycles. The van der Waals surface area contributed by atoms with Gasteiger partial charge in [0.15, 0.2) is 5.96 Å². The number of hydrogen-bond donors (Lipinski definition) is 2. The van der Waals surface area contributed by atoms with E-state index < -0.39 is 0 Å². The second kappa shape index (κ2) is 11.5. The van der Waals surface area contributed by atoms with Crippen LogP contribution in [0.5, 0.6) is 0 Å². The molecule has 0 fully saturated rings. The quantitative estimate of drug-likeness (QED) is 0.401. The standard InChI is InChI=1S/C20H32N4O2/c1-3-21-20(22-12-7-8-14-26-4-2)23-15-19(25)24-13-11-17-9-5-6-10-18(17)16-24/h5-6,9-10H,3-4,7-8,11-16H2,1-2H3,(H2,21,22,23). The van der Waals surface area contributed by atoms with Crippen molar-refractivity contribution in [2.75, 3.05) is 39.4 Å². The van der Waals surface area contributed by atoms with E-state index in [9.17, 15) is 4.79 Å². The molecule has 0 spiro atoms. The molecule has 6 heteroatoms. The molecule has 0 aromatic heterocycles. The van der Waals surface area contributed by atoms with Crippen LogP contribution in [0, 0.1) is 0 Å². The third-order valence-corrected chi connectivity index (χ3v) is 4.41. The first-order valence-corrected chi connectivity index (χ1v) is 9.69. The maximum Gasteiger partial charge on any atom is 0.244 e. The van der Waals surface area contributed by atoms with Crippen LogP contribution in [0.3, 0.4) is 0 Å². The van der Waals surface area contributed by atoms with E-state index in [0.717, 1.165) is 52.1 Å². The van der Waals surface area contributed by atoms with Crippen LogP contribution >= 0.6 is 0 Å². The second-order valence-electron chi connectivity index (χ2n) is 6.36. The fraction of sp³-hybridized carbons (Fsp3) is 0.600. The number of rotatable bonds is 9. The molecule has 0 radical (unpaired) electrons. The van der Waals surface area contributed by atoms with Crippen molar-refractivity contribution in [1.82, 2.24) is 15.5 Å². The minimum absolute atomic E-state index is 0.0769. The number of aliphatic imine (C=N–C) groups is 1. The molecule has 0 unspecified atom stereocenters. The number of benzene rings is 1. The average molecular weight is 361 g/mol. The highest BCUT2D eigenvalue weighted by molar-refractivity contribution is 5.85. The van der Waals surface area contributed by atoms with Crippen molar-refractivity contribution < 1.29 is 9.53 Å². The van der Waals surface area contributed by atoms with Gasteiger partial charge in [-0.15, -0.1) is 0 Å². The Balaban J connectivity index is 1.78. The zero-order valence-corrected chi connectivity index (χ0v) is 16.1. The Bertz CT molecular complexity index is 589. The molecule has 1 aromatic rings. The fourth-order valence-corrected chi connectivity index (χ4v) is 2.98. The van der Waals surface area contributed by atoms with Crippen molar-refractivity contribution in [3.63, 3.8) is 0 Å². The highest BCUT2D eigenvalue weighted by atomic mass is 16.5. The number of ether oxygens (including phenoxy) is 1. The second-order valence-corrected chi connectivity index (χ2v) is 6.36. The Hall–Kier alpha value is -2.08. The summed E-state index contributed by atoms with van der Waals surface area (Å²) in [6, 6.07) is 8.34. The van der Waals surface area contributed by atoms with E-state index in [1.54, 1.807) is 0 Å². The molecule has 0 aliphatic carbocycles. The topological polar surface area (TPSA) is 66.0 Å². The molecule has 6 nitrogen and oxygen atoms in total. The van der Waals surface area contributed by atoms with Crippen LogP contribution in [0.15, 0.2) is 29.3 Å². The molecule has 2 N–H and O–H groups in total. The van der Waals surface area contributed by atoms with Crippen molar-refractivity contribution in [2.24, 2.45) is 4.99 Å². The summed E-state index contributed by atoms with van der Waals surface area (Å²) >= 11 is 0. The lowest BCUT2D eigenvalue weighted by Crippen LogP contribution is -2.40. The lowest BCUT2D eigenvalue weighted by Gasteiger charge is -2.28. The Labute approximate surface area is 157 Å². The Morgan fingerprint density at radius 1 is 1.19 bits per heavy atom. The number of amides is 1. The minimum atomic E-state index is 0.0769. The van der Waals surface area contributed by atoms with Crippen molar-refractivity contribution >= 4 is 11.9 Å². The Morgan fingerprint density at radius 3 is 2.77 bits per heavy atom. The minimum Gasteiger partial charge on any atom is -0.382 e. The fourth-order valence-electron chi connectivity index (χ4n) is 2.98. The van der Waals surface area contributed by atoms with Gasteiger partial charge in [-0.05, 0) is 44.2 Å². The maximum absolute atomic E-state index is 12.5. The van der Waals surface area contributed by atoms with Crippen LogP contribution in [0.4, 0.5) is 0 Å². The molecule has 26 heavy (non-hydrogen) atoms. The smallest absolute Gasteiger partial charge is 0.244 e. The molecule has 1 aromatic carbocycles. The van der Waals surface area contributed by atoms with Gasteiger partial charge in [0.05, 0.1) is 0 Å². The average Bonchev–Trinajstić information content (AvgIpc) is 2.68. The molecule has 0 saturated carbocycles. The van der Waals surface area contributed by atoms with Crippen LogP contribution in [0.25, 0.3) is 0 Å². The van der Waals surface area contributed by atoms with Crippen LogP contribution < -0.4 is 10.6 Å². The highest BCUT2D eigenvalue weighted by Gasteiger charge is 2.19. The molecular formula is C20H32N4O2. The van der Waals surface area contributed by atoms with E-state index in [-0.39, 0.29) is 12.5 Å². The predicted octanol–water partition coefficient (Wildman–Crippen LogP) is 1.94. The number of fused-ring (bicyclic) bond motifs is 1. The lowest BCUT2D eigenvalue weighted by atomic mass is 10.00. The van der Waals surface area contributed by atoms with E-state index >= 15 is 0 Å². The summed E-state index contributed by atoms with van der Waals surface area (Å²) in [5.74, 6) is 0.780. The van der Waals surface area contributed by atoms with Crippen LogP contribution in [0.2, 0.25) is 0 Å². The van der Waals surface area contributed by atoms with Gasteiger partial charge in [-0.2, -0.15) is 0 Å². The van der Waals surface area contributed by atoms with Gasteiger partial charge in [0.1, 0.15) is 6.54 Å². The van der Waals surface area contributed by atoms with Gasteiger partial charge in [0.2, 0.25) is 5.91 Å². The summed E-state index contributed by atoms with van der Waals surface area (Å²) in [6.07, 6.45) is 2.96. The van der Waals surface area contributed by atoms with Crippen molar-refractivity contribution in [3.8, 4) is 0 Å². The first-order chi connectivity index (χ1) is 12.7. The van der Waals surface area contributed by atoms with Crippen LogP contribution in [-0.2, 0) is 22.5 Å². The summed E-state index contributed by atoms with van der Waals surface area (Å²) in [5, 5.41) is 6.48. The van der Waals surface area contributed by atoms with Crippen LogP contribution in [0.1, 0.15) is 37.8 Å². The van der Waals surface area contributed by atoms with E-state index in [2.05, 4.69) is 33.8 Å². The maximum atomic E-state index is 12.5. The first kappa shape index (κ1) is 20.2. The van der Waals surface area contributed by atoms with E-state index in [4.69, 9.17) is 4.74 Å². The van der Waals surface area contributed by atoms with E-state index in [1.165, 1.54) is 11.1 Å². The molecular weight excluding hydrogens is 328 g/mol. The number of carbonyl (C=O) groups excluding carboxylic acids is 1. The molecule has 1 heterocycles. The highest BCUT2D eigenvalue weighted by Crippen LogP contribution is 2.18. The van der Waals surface area contributed by atoms with Gasteiger partial charge >= 0.3 is 0 Å². The van der Waals surface area contributed by atoms with Crippen molar-refractivity contribution in [2.45, 2.75) is 39.7 Å². The number of guanidine groups is 1. The Kier molecular flexibility index (Phi) is 8.96. The normalized spacial score (nSPS) is 14.1. The number of hydrogen-bond acceptors (Lipinski definition) is 3. The van der Waals surface area contributed by atoms with Gasteiger partial charge < -0.3 is 20.3 Å². The van der Waals surface area contributed by atoms with Crippen LogP contribution in [-0.4, -0.2) is 56.2 Å². The molecule has 0 atom stereocenters. The summed E-state index contributed by atoms with van der Waals surface area (Å²) in [4.78, 5) is 18.9. The van der Waals surface area contributed by atoms with Gasteiger partial charge in [0, 0.05) is 39.4 Å². The molecule has 1 aliphatic rings. The first-order valence-electron chi connectivity index (χ1n) is 9.69. The van der Waals surface area contributed by atoms with Gasteiger partial charge in [-0.1, -0.05) is 24.3 Å². The number of nitrogens with one attached hydrogen (secondary N) is 2. The molecule has 0 saturated heterocycles. The zero-order chi connectivity index (χ0) is 18.6. The lowest BCUT2D eigenvalue weighted by molar-refractivity contribution is -0.130. The van der Waals surface area contributed by atoms with E-state index in [0.29, 0.717) is 12.5 Å². The molecule has 144 valence electrons. The predicted molar refractivity (Wildman–Crippen MR) is 105 cm³/mol. The molecule has 0 bridgehead atoms. The number of carbonyl (C=O) groups is 1. The molecule has 1 amide bonds. The Morgan fingerprint density at radius 2 is 2.00 bits per heavy atom. The van der Waals surface area contributed by atoms with Gasteiger partial charge in [0.25, 0.3) is 0 Å². The zero-order valence-electron chi connectivity index (χ0n) is 16.1. The van der Waals surface area contributed by atoms with Gasteiger partial charge in [-0.3, -0.25) is 4.79 Å². The largest absolute Gasteiger partial charge is 0.382 e. The SMILES string of the molecule is CCNC(=NCC(=O)N1CCc2ccccc2C1)NCCCCOCC. The monoisotopic (exact) mass is 360 g/mol. The summed E-state index contributed by atoms with van der Waals surface area (Å²) in [7, 11) is 0. The molecule has 2 rings (SSSR count). The van der Waals surface area contributed by atoms with Crippen molar-refractivity contribution in [1.29, 1.82) is 0 Å². The summed E-state index contributed by atoms with van der Waals surface area (Å²) < 4.78 is 5.34.